The van der Waals surface area contributed by atoms with E-state index < -0.39 is 10.0 Å². The van der Waals surface area contributed by atoms with Gasteiger partial charge in [-0.05, 0) is 54.5 Å². The van der Waals surface area contributed by atoms with E-state index in [4.69, 9.17) is 11.6 Å². The molecule has 3 rings (SSSR count). The maximum Gasteiger partial charge on any atom is 0.241 e. The SMILES string of the molecule is CCCCCC1CCC(C(NS(=O)(=O)c2ccc(Cl)cc2)c2ccccc2)CC1. The number of halogens is 1. The van der Waals surface area contributed by atoms with Crippen molar-refractivity contribution in [3.63, 3.8) is 0 Å². The molecule has 1 atom stereocenters. The van der Waals surface area contributed by atoms with Crippen LogP contribution in [0.5, 0.6) is 0 Å². The predicted molar refractivity (Wildman–Crippen MR) is 121 cm³/mol. The molecule has 0 aliphatic heterocycles. The van der Waals surface area contributed by atoms with E-state index in [0.717, 1.165) is 24.3 Å². The number of rotatable bonds is 9. The van der Waals surface area contributed by atoms with E-state index in [1.165, 1.54) is 38.5 Å². The van der Waals surface area contributed by atoms with E-state index in [9.17, 15) is 8.42 Å². The molecule has 2 aromatic carbocycles. The van der Waals surface area contributed by atoms with Gasteiger partial charge in [0.15, 0.2) is 0 Å². The summed E-state index contributed by atoms with van der Waals surface area (Å²) < 4.78 is 29.1. The van der Waals surface area contributed by atoms with Crippen molar-refractivity contribution < 1.29 is 8.42 Å². The van der Waals surface area contributed by atoms with Gasteiger partial charge in [-0.15, -0.1) is 0 Å². The van der Waals surface area contributed by atoms with E-state index in [1.54, 1.807) is 24.3 Å². The van der Waals surface area contributed by atoms with Gasteiger partial charge in [-0.1, -0.05) is 87.4 Å². The summed E-state index contributed by atoms with van der Waals surface area (Å²) in [4.78, 5) is 0.260. The van der Waals surface area contributed by atoms with Crippen molar-refractivity contribution in [3.8, 4) is 0 Å². The molecular formula is C24H32ClNO2S. The highest BCUT2D eigenvalue weighted by Crippen LogP contribution is 2.39. The Morgan fingerprint density at radius 3 is 2.24 bits per heavy atom. The monoisotopic (exact) mass is 433 g/mol. The van der Waals surface area contributed by atoms with Crippen molar-refractivity contribution in [2.45, 2.75) is 69.2 Å². The Morgan fingerprint density at radius 2 is 1.62 bits per heavy atom. The Labute approximate surface area is 180 Å². The van der Waals surface area contributed by atoms with Gasteiger partial charge in [-0.25, -0.2) is 13.1 Å². The molecule has 0 radical (unpaired) electrons. The summed E-state index contributed by atoms with van der Waals surface area (Å²) in [7, 11) is -3.61. The van der Waals surface area contributed by atoms with Crippen LogP contribution in [0.3, 0.4) is 0 Å². The minimum absolute atomic E-state index is 0.200. The lowest BCUT2D eigenvalue weighted by atomic mass is 9.75. The fourth-order valence-electron chi connectivity index (χ4n) is 4.44. The molecule has 1 fully saturated rings. The first-order valence-electron chi connectivity index (χ1n) is 10.8. The average molecular weight is 434 g/mol. The molecule has 0 spiro atoms. The molecule has 0 aromatic heterocycles. The third-order valence-electron chi connectivity index (χ3n) is 6.14. The molecular weight excluding hydrogens is 402 g/mol. The number of sulfonamides is 1. The maximum absolute atomic E-state index is 13.1. The first kappa shape index (κ1) is 22.3. The highest BCUT2D eigenvalue weighted by molar-refractivity contribution is 7.89. The van der Waals surface area contributed by atoms with E-state index in [1.807, 2.05) is 30.3 Å². The van der Waals surface area contributed by atoms with Gasteiger partial charge in [-0.2, -0.15) is 0 Å². The number of nitrogens with one attached hydrogen (secondary N) is 1. The number of hydrogen-bond acceptors (Lipinski definition) is 2. The normalized spacial score (nSPS) is 21.0. The molecule has 158 valence electrons. The summed E-state index contributed by atoms with van der Waals surface area (Å²) in [6, 6.07) is 16.2. The molecule has 1 N–H and O–H groups in total. The average Bonchev–Trinajstić information content (AvgIpc) is 2.74. The van der Waals surface area contributed by atoms with Crippen molar-refractivity contribution in [1.82, 2.24) is 4.72 Å². The molecule has 2 aromatic rings. The molecule has 1 saturated carbocycles. The van der Waals surface area contributed by atoms with E-state index in [2.05, 4.69) is 11.6 Å². The lowest BCUT2D eigenvalue weighted by Crippen LogP contribution is -2.35. The first-order valence-corrected chi connectivity index (χ1v) is 12.7. The maximum atomic E-state index is 13.1. The molecule has 5 heteroatoms. The van der Waals surface area contributed by atoms with Crippen molar-refractivity contribution >= 4 is 21.6 Å². The topological polar surface area (TPSA) is 46.2 Å². The second-order valence-electron chi connectivity index (χ2n) is 8.24. The van der Waals surface area contributed by atoms with Gasteiger partial charge in [0.05, 0.1) is 4.90 Å². The summed E-state index contributed by atoms with van der Waals surface area (Å²) in [5.41, 5.74) is 1.04. The Morgan fingerprint density at radius 1 is 0.966 bits per heavy atom. The van der Waals surface area contributed by atoms with Gasteiger partial charge < -0.3 is 0 Å². The summed E-state index contributed by atoms with van der Waals surface area (Å²) >= 11 is 5.93. The van der Waals surface area contributed by atoms with Gasteiger partial charge in [0.2, 0.25) is 10.0 Å². The standard InChI is InChI=1S/C24H32ClNO2S/c1-2-3-5-8-19-11-13-21(14-12-19)24(20-9-6-4-7-10-20)26-29(27,28)23-17-15-22(25)16-18-23/h4,6-7,9-10,15-19,21,24,26H,2-3,5,8,11-14H2,1H3. The summed E-state index contributed by atoms with van der Waals surface area (Å²) in [5, 5.41) is 0.532. The molecule has 1 aliphatic rings. The molecule has 0 amide bonds. The van der Waals surface area contributed by atoms with Gasteiger partial charge in [-0.3, -0.25) is 0 Å². The van der Waals surface area contributed by atoms with Crippen LogP contribution in [0.2, 0.25) is 5.02 Å². The van der Waals surface area contributed by atoms with Crippen LogP contribution in [0, 0.1) is 11.8 Å². The molecule has 3 nitrogen and oxygen atoms in total. The van der Waals surface area contributed by atoms with Gasteiger partial charge in [0, 0.05) is 11.1 Å². The molecule has 0 saturated heterocycles. The lowest BCUT2D eigenvalue weighted by molar-refractivity contribution is 0.224. The van der Waals surface area contributed by atoms with Crippen LogP contribution < -0.4 is 4.72 Å². The molecule has 0 heterocycles. The third kappa shape index (κ3) is 6.31. The Hall–Kier alpha value is -1.36. The van der Waals surface area contributed by atoms with Crippen LogP contribution in [0.15, 0.2) is 59.5 Å². The highest BCUT2D eigenvalue weighted by Gasteiger charge is 2.31. The fraction of sp³-hybridized carbons (Fsp3) is 0.500. The Bertz CT molecular complexity index is 844. The minimum atomic E-state index is -3.61. The van der Waals surface area contributed by atoms with Crippen LogP contribution in [0.4, 0.5) is 0 Å². The first-order chi connectivity index (χ1) is 14.0. The van der Waals surface area contributed by atoms with Crippen molar-refractivity contribution in [2.24, 2.45) is 11.8 Å². The van der Waals surface area contributed by atoms with Gasteiger partial charge >= 0.3 is 0 Å². The predicted octanol–water partition coefficient (Wildman–Crippen LogP) is 6.75. The van der Waals surface area contributed by atoms with Crippen molar-refractivity contribution in [3.05, 3.63) is 65.2 Å². The van der Waals surface area contributed by atoms with Crippen LogP contribution in [0.1, 0.15) is 69.9 Å². The van der Waals surface area contributed by atoms with Crippen LogP contribution in [-0.4, -0.2) is 8.42 Å². The Kier molecular flexibility index (Phi) is 8.16. The van der Waals surface area contributed by atoms with Crippen LogP contribution in [-0.2, 0) is 10.0 Å². The second kappa shape index (κ2) is 10.6. The van der Waals surface area contributed by atoms with Gasteiger partial charge in [0.25, 0.3) is 0 Å². The van der Waals surface area contributed by atoms with E-state index in [-0.39, 0.29) is 10.9 Å². The smallest absolute Gasteiger partial charge is 0.207 e. The third-order valence-corrected chi connectivity index (χ3v) is 7.85. The number of unbranched alkanes of at least 4 members (excludes halogenated alkanes) is 2. The molecule has 1 unspecified atom stereocenters. The fourth-order valence-corrected chi connectivity index (χ4v) is 5.86. The minimum Gasteiger partial charge on any atom is -0.207 e. The van der Waals surface area contributed by atoms with Crippen LogP contribution in [0.25, 0.3) is 0 Å². The summed E-state index contributed by atoms with van der Waals surface area (Å²) in [5.74, 6) is 1.11. The molecule has 1 aliphatic carbocycles. The van der Waals surface area contributed by atoms with Gasteiger partial charge in [0.1, 0.15) is 0 Å². The quantitative estimate of drug-likeness (QED) is 0.444. The summed E-state index contributed by atoms with van der Waals surface area (Å²) in [6.07, 6.45) is 9.73. The van der Waals surface area contributed by atoms with E-state index in [0.29, 0.717) is 10.9 Å². The van der Waals surface area contributed by atoms with Crippen molar-refractivity contribution in [2.75, 3.05) is 0 Å². The number of hydrogen-bond donors (Lipinski definition) is 1. The number of benzene rings is 2. The highest BCUT2D eigenvalue weighted by atomic mass is 35.5. The zero-order valence-electron chi connectivity index (χ0n) is 17.2. The lowest BCUT2D eigenvalue weighted by Gasteiger charge is -2.34. The van der Waals surface area contributed by atoms with Crippen LogP contribution >= 0.6 is 11.6 Å². The summed E-state index contributed by atoms with van der Waals surface area (Å²) in [6.45, 7) is 2.24. The largest absolute Gasteiger partial charge is 0.241 e. The zero-order chi connectivity index (χ0) is 20.7. The Balaban J connectivity index is 1.74. The second-order valence-corrected chi connectivity index (χ2v) is 10.4. The zero-order valence-corrected chi connectivity index (χ0v) is 18.8. The van der Waals surface area contributed by atoms with E-state index >= 15 is 0 Å². The molecule has 0 bridgehead atoms. The van der Waals surface area contributed by atoms with Crippen molar-refractivity contribution in [1.29, 1.82) is 0 Å². The molecule has 29 heavy (non-hydrogen) atoms.